The van der Waals surface area contributed by atoms with Gasteiger partial charge in [0.05, 0.1) is 0 Å². The fraction of sp³-hybridized carbons (Fsp3) is 0.600. The third-order valence-electron chi connectivity index (χ3n) is 2.73. The molecule has 0 aromatic carbocycles. The van der Waals surface area contributed by atoms with E-state index in [1.807, 2.05) is 6.07 Å². The molecule has 0 radical (unpaired) electrons. The molecule has 0 atom stereocenters. The molecule has 1 aromatic rings. The lowest BCUT2D eigenvalue weighted by Crippen LogP contribution is -2.36. The number of hydrogen-bond acceptors (Lipinski definition) is 5. The van der Waals surface area contributed by atoms with Crippen LogP contribution in [0.5, 0.6) is 0 Å². The highest BCUT2D eigenvalue weighted by atomic mass is 35.5. The number of thiazole rings is 1. The van der Waals surface area contributed by atoms with Crippen LogP contribution >= 0.6 is 22.9 Å². The highest BCUT2D eigenvalue weighted by Crippen LogP contribution is 2.27. The zero-order valence-corrected chi connectivity index (χ0v) is 10.6. The Labute approximate surface area is 104 Å². The lowest BCUT2D eigenvalue weighted by Gasteiger charge is -2.29. The van der Waals surface area contributed by atoms with Crippen LogP contribution in [0.25, 0.3) is 0 Å². The Hall–Kier alpha value is -0.830. The van der Waals surface area contributed by atoms with Gasteiger partial charge in [-0.3, -0.25) is 0 Å². The molecule has 86 valence electrons. The van der Waals surface area contributed by atoms with Crippen LogP contribution in [-0.2, 0) is 0 Å². The van der Waals surface area contributed by atoms with Gasteiger partial charge in [-0.15, -0.1) is 0 Å². The van der Waals surface area contributed by atoms with Crippen LogP contribution < -0.4 is 5.32 Å². The first-order valence-electron chi connectivity index (χ1n) is 5.20. The molecule has 0 amide bonds. The third-order valence-corrected chi connectivity index (χ3v) is 4.01. The number of anilines is 1. The summed E-state index contributed by atoms with van der Waals surface area (Å²) in [5.74, 6) is 0. The van der Waals surface area contributed by atoms with Crippen molar-refractivity contribution in [3.63, 3.8) is 0 Å². The predicted molar refractivity (Wildman–Crippen MR) is 66.0 cm³/mol. The van der Waals surface area contributed by atoms with Crippen molar-refractivity contribution < 1.29 is 0 Å². The molecule has 2 rings (SSSR count). The summed E-state index contributed by atoms with van der Waals surface area (Å²) in [6.45, 7) is 2.20. The van der Waals surface area contributed by atoms with Gasteiger partial charge in [0.1, 0.15) is 10.9 Å². The molecule has 16 heavy (non-hydrogen) atoms. The van der Waals surface area contributed by atoms with Crippen molar-refractivity contribution in [2.24, 2.45) is 0 Å². The number of nitriles is 1. The molecule has 2 heterocycles. The number of nitrogens with one attached hydrogen (secondary N) is 1. The molecule has 0 unspecified atom stereocenters. The average Bonchev–Trinajstić information content (AvgIpc) is 2.62. The first kappa shape index (κ1) is 11.6. The number of nitrogens with zero attached hydrogens (tertiary/aromatic N) is 3. The van der Waals surface area contributed by atoms with E-state index in [0.29, 0.717) is 16.1 Å². The SMILES string of the molecule is CN1CCC(Nc2nc(Cl)c(C#N)s2)CC1. The van der Waals surface area contributed by atoms with Crippen molar-refractivity contribution in [1.82, 2.24) is 9.88 Å². The minimum absolute atomic E-state index is 0.308. The summed E-state index contributed by atoms with van der Waals surface area (Å²) in [4.78, 5) is 6.93. The molecule has 1 N–H and O–H groups in total. The Bertz CT molecular complexity index is 403. The van der Waals surface area contributed by atoms with Crippen LogP contribution in [0.1, 0.15) is 17.7 Å². The largest absolute Gasteiger partial charge is 0.359 e. The summed E-state index contributed by atoms with van der Waals surface area (Å²) in [5, 5.41) is 13.2. The fourth-order valence-electron chi connectivity index (χ4n) is 1.76. The number of aromatic nitrogens is 1. The molecule has 0 spiro atoms. The van der Waals surface area contributed by atoms with Crippen LogP contribution in [0.2, 0.25) is 5.15 Å². The molecule has 1 fully saturated rings. The summed E-state index contributed by atoms with van der Waals surface area (Å²) in [5.41, 5.74) is 0. The molecule has 0 bridgehead atoms. The number of halogens is 1. The summed E-state index contributed by atoms with van der Waals surface area (Å²) in [6, 6.07) is 2.48. The van der Waals surface area contributed by atoms with Gasteiger partial charge >= 0.3 is 0 Å². The Kier molecular flexibility index (Phi) is 3.64. The van der Waals surface area contributed by atoms with E-state index in [-0.39, 0.29) is 0 Å². The molecular weight excluding hydrogens is 244 g/mol. The van der Waals surface area contributed by atoms with E-state index in [2.05, 4.69) is 22.2 Å². The molecular formula is C10H13ClN4S. The second-order valence-electron chi connectivity index (χ2n) is 3.97. The molecule has 0 saturated carbocycles. The average molecular weight is 257 g/mol. The molecule has 1 aliphatic rings. The van der Waals surface area contributed by atoms with Crippen molar-refractivity contribution in [3.05, 3.63) is 10.0 Å². The zero-order valence-electron chi connectivity index (χ0n) is 9.03. The molecule has 4 nitrogen and oxygen atoms in total. The summed E-state index contributed by atoms with van der Waals surface area (Å²) >= 11 is 7.14. The van der Waals surface area contributed by atoms with Crippen molar-refractivity contribution in [1.29, 1.82) is 5.26 Å². The van der Waals surface area contributed by atoms with Gasteiger partial charge in [-0.2, -0.15) is 5.26 Å². The lowest BCUT2D eigenvalue weighted by molar-refractivity contribution is 0.264. The van der Waals surface area contributed by atoms with E-state index in [4.69, 9.17) is 16.9 Å². The number of rotatable bonds is 2. The summed E-state index contributed by atoms with van der Waals surface area (Å²) in [6.07, 6.45) is 2.21. The molecule has 1 aromatic heterocycles. The monoisotopic (exact) mass is 256 g/mol. The fourth-order valence-corrected chi connectivity index (χ4v) is 2.78. The Morgan fingerprint density at radius 1 is 1.56 bits per heavy atom. The van der Waals surface area contributed by atoms with E-state index in [1.54, 1.807) is 0 Å². The van der Waals surface area contributed by atoms with Crippen molar-refractivity contribution in [2.75, 3.05) is 25.5 Å². The highest BCUT2D eigenvalue weighted by Gasteiger charge is 2.18. The van der Waals surface area contributed by atoms with Gasteiger partial charge < -0.3 is 10.2 Å². The second kappa shape index (κ2) is 5.00. The van der Waals surface area contributed by atoms with Gasteiger partial charge in [0.2, 0.25) is 0 Å². The topological polar surface area (TPSA) is 52.0 Å². The van der Waals surface area contributed by atoms with Crippen molar-refractivity contribution >= 4 is 28.1 Å². The Balaban J connectivity index is 1.96. The minimum atomic E-state index is 0.308. The number of likely N-dealkylation sites (tertiary alicyclic amines) is 1. The number of hydrogen-bond donors (Lipinski definition) is 1. The van der Waals surface area contributed by atoms with Crippen molar-refractivity contribution in [3.8, 4) is 6.07 Å². The highest BCUT2D eigenvalue weighted by molar-refractivity contribution is 7.16. The van der Waals surface area contributed by atoms with Crippen LogP contribution in [-0.4, -0.2) is 36.1 Å². The first-order valence-corrected chi connectivity index (χ1v) is 6.40. The molecule has 0 aliphatic carbocycles. The zero-order chi connectivity index (χ0) is 11.5. The van der Waals surface area contributed by atoms with E-state index < -0.39 is 0 Å². The molecule has 1 saturated heterocycles. The van der Waals surface area contributed by atoms with Gasteiger partial charge in [0, 0.05) is 6.04 Å². The van der Waals surface area contributed by atoms with Gasteiger partial charge in [0.25, 0.3) is 0 Å². The Morgan fingerprint density at radius 2 is 2.25 bits per heavy atom. The minimum Gasteiger partial charge on any atom is -0.359 e. The molecule has 1 aliphatic heterocycles. The van der Waals surface area contributed by atoms with Crippen LogP contribution in [0.4, 0.5) is 5.13 Å². The maximum absolute atomic E-state index is 8.77. The quantitative estimate of drug-likeness (QED) is 0.881. The third kappa shape index (κ3) is 2.64. The van der Waals surface area contributed by atoms with Crippen LogP contribution in [0.15, 0.2) is 0 Å². The van der Waals surface area contributed by atoms with Crippen molar-refractivity contribution in [2.45, 2.75) is 18.9 Å². The van der Waals surface area contributed by atoms with E-state index in [9.17, 15) is 0 Å². The number of piperidine rings is 1. The van der Waals surface area contributed by atoms with E-state index >= 15 is 0 Å². The summed E-state index contributed by atoms with van der Waals surface area (Å²) in [7, 11) is 2.13. The normalized spacial score (nSPS) is 18.3. The molecule has 6 heteroatoms. The Morgan fingerprint density at radius 3 is 2.81 bits per heavy atom. The van der Waals surface area contributed by atoms with Crippen LogP contribution in [0, 0.1) is 11.3 Å². The standard InChI is InChI=1S/C10H13ClN4S/c1-15-4-2-7(3-5-15)13-10-14-9(11)8(6-12)16-10/h7H,2-5H2,1H3,(H,13,14). The predicted octanol–water partition coefficient (Wildman–Crippen LogP) is 2.17. The van der Waals surface area contributed by atoms with Gasteiger partial charge in [0.15, 0.2) is 10.3 Å². The van der Waals surface area contributed by atoms with Crippen LogP contribution in [0.3, 0.4) is 0 Å². The van der Waals surface area contributed by atoms with Gasteiger partial charge in [-0.05, 0) is 33.0 Å². The first-order chi connectivity index (χ1) is 7.69. The van der Waals surface area contributed by atoms with E-state index in [1.165, 1.54) is 11.3 Å². The smallest absolute Gasteiger partial charge is 0.185 e. The van der Waals surface area contributed by atoms with E-state index in [0.717, 1.165) is 31.1 Å². The second-order valence-corrected chi connectivity index (χ2v) is 5.33. The maximum Gasteiger partial charge on any atom is 0.185 e. The lowest BCUT2D eigenvalue weighted by atomic mass is 10.1. The summed E-state index contributed by atoms with van der Waals surface area (Å²) < 4.78 is 0. The van der Waals surface area contributed by atoms with Gasteiger partial charge in [-0.1, -0.05) is 22.9 Å². The van der Waals surface area contributed by atoms with Gasteiger partial charge in [-0.25, -0.2) is 4.98 Å². The maximum atomic E-state index is 8.77.